The number of carbonyl (C=O) groups excluding carboxylic acids is 1. The van der Waals surface area contributed by atoms with Crippen LogP contribution in [0.4, 0.5) is 0 Å². The van der Waals surface area contributed by atoms with Gasteiger partial charge in [-0.2, -0.15) is 0 Å². The van der Waals surface area contributed by atoms with Crippen molar-refractivity contribution in [2.75, 3.05) is 6.61 Å². The summed E-state index contributed by atoms with van der Waals surface area (Å²) in [7, 11) is 0. The lowest BCUT2D eigenvalue weighted by Crippen LogP contribution is -2.45. The number of allylic oxidation sites excluding steroid dienone is 1. The van der Waals surface area contributed by atoms with Gasteiger partial charge in [0.05, 0.1) is 18.8 Å². The van der Waals surface area contributed by atoms with Crippen LogP contribution in [-0.4, -0.2) is 34.9 Å². The van der Waals surface area contributed by atoms with Crippen LogP contribution in [0, 0.1) is 0 Å². The normalized spacial score (nSPS) is 12.7. The zero-order chi connectivity index (χ0) is 49.9. The number of amides is 1. The highest BCUT2D eigenvalue weighted by Gasteiger charge is 2.18. The summed E-state index contributed by atoms with van der Waals surface area (Å²) in [5.41, 5.74) is 0. The monoisotopic (exact) mass is 972 g/mol. The summed E-state index contributed by atoms with van der Waals surface area (Å²) in [5.74, 6) is -0.0553. The molecular weight excluding hydrogens is 843 g/mol. The van der Waals surface area contributed by atoms with Crippen LogP contribution in [0.5, 0.6) is 0 Å². The summed E-state index contributed by atoms with van der Waals surface area (Å²) in [6.45, 7) is 4.35. The van der Waals surface area contributed by atoms with E-state index in [1.165, 1.54) is 334 Å². The molecular formula is C65H129NO3. The molecule has 4 nitrogen and oxygen atoms in total. The Morgan fingerprint density at radius 3 is 0.754 bits per heavy atom. The largest absolute Gasteiger partial charge is 0.394 e. The summed E-state index contributed by atoms with van der Waals surface area (Å²) >= 11 is 0. The number of hydrogen-bond acceptors (Lipinski definition) is 3. The molecule has 0 bridgehead atoms. The predicted molar refractivity (Wildman–Crippen MR) is 309 cm³/mol. The number of unbranched alkanes of at least 4 members (excludes halogenated alkanes) is 54. The second kappa shape index (κ2) is 61.4. The maximum absolute atomic E-state index is 12.5. The molecule has 0 fully saturated rings. The summed E-state index contributed by atoms with van der Waals surface area (Å²) in [6.07, 6.45) is 81.5. The number of hydrogen-bond donors (Lipinski definition) is 3. The standard InChI is InChI=1S/C65H129NO3/c1-3-5-7-9-11-13-15-17-19-21-22-23-24-25-26-27-28-29-30-31-32-33-34-35-36-37-38-39-40-41-42-43-44-45-47-49-51-53-55-57-59-61-65(69)66-63(62-67)64(68)60-58-56-54-52-50-48-46-20-18-16-14-12-10-8-6-4-2/h58,60,63-64,67-68H,3-57,59,61-62H2,1-2H3,(H,66,69)/b60-58+. The van der Waals surface area contributed by atoms with E-state index in [1.807, 2.05) is 6.08 Å². The van der Waals surface area contributed by atoms with E-state index in [2.05, 4.69) is 19.2 Å². The van der Waals surface area contributed by atoms with Gasteiger partial charge in [-0.3, -0.25) is 4.79 Å². The average Bonchev–Trinajstić information content (AvgIpc) is 3.35. The van der Waals surface area contributed by atoms with E-state index in [9.17, 15) is 15.0 Å². The molecule has 0 aliphatic carbocycles. The van der Waals surface area contributed by atoms with Gasteiger partial charge in [0, 0.05) is 6.42 Å². The first-order chi connectivity index (χ1) is 34.2. The van der Waals surface area contributed by atoms with E-state index >= 15 is 0 Å². The molecule has 2 atom stereocenters. The zero-order valence-corrected chi connectivity index (χ0v) is 47.6. The fraction of sp³-hybridized carbons (Fsp3) is 0.954. The van der Waals surface area contributed by atoms with Crippen LogP contribution in [0.3, 0.4) is 0 Å². The van der Waals surface area contributed by atoms with Crippen molar-refractivity contribution >= 4 is 5.91 Å². The van der Waals surface area contributed by atoms with Crippen LogP contribution in [0.15, 0.2) is 12.2 Å². The molecule has 0 spiro atoms. The quantitative estimate of drug-likeness (QED) is 0.0420. The Hall–Kier alpha value is -0.870. The van der Waals surface area contributed by atoms with Crippen LogP contribution < -0.4 is 5.32 Å². The van der Waals surface area contributed by atoms with Crippen LogP contribution in [0.1, 0.15) is 380 Å². The third kappa shape index (κ3) is 57.9. The highest BCUT2D eigenvalue weighted by atomic mass is 16.3. The van der Waals surface area contributed by atoms with E-state index < -0.39 is 12.1 Å². The topological polar surface area (TPSA) is 69.6 Å². The number of nitrogens with one attached hydrogen (secondary N) is 1. The first kappa shape index (κ1) is 68.1. The minimum atomic E-state index is -0.835. The number of rotatable bonds is 61. The zero-order valence-electron chi connectivity index (χ0n) is 47.6. The van der Waals surface area contributed by atoms with Gasteiger partial charge in [-0.15, -0.1) is 0 Å². The van der Waals surface area contributed by atoms with E-state index in [0.29, 0.717) is 6.42 Å². The molecule has 0 aromatic rings. The lowest BCUT2D eigenvalue weighted by molar-refractivity contribution is -0.123. The smallest absolute Gasteiger partial charge is 0.220 e. The van der Waals surface area contributed by atoms with Crippen molar-refractivity contribution in [3.05, 3.63) is 12.2 Å². The summed E-state index contributed by atoms with van der Waals surface area (Å²) in [4.78, 5) is 12.5. The maximum Gasteiger partial charge on any atom is 0.220 e. The number of carbonyl (C=O) groups is 1. The van der Waals surface area contributed by atoms with Crippen LogP contribution in [-0.2, 0) is 4.79 Å². The lowest BCUT2D eigenvalue weighted by atomic mass is 10.0. The Morgan fingerprint density at radius 2 is 0.536 bits per heavy atom. The molecule has 0 rings (SSSR count). The molecule has 0 aliphatic heterocycles. The molecule has 3 N–H and O–H groups in total. The van der Waals surface area contributed by atoms with Gasteiger partial charge in [-0.1, -0.05) is 366 Å². The molecule has 0 radical (unpaired) electrons. The first-order valence-electron chi connectivity index (χ1n) is 32.4. The van der Waals surface area contributed by atoms with Gasteiger partial charge in [-0.25, -0.2) is 0 Å². The summed E-state index contributed by atoms with van der Waals surface area (Å²) < 4.78 is 0. The van der Waals surface area contributed by atoms with Gasteiger partial charge in [0.2, 0.25) is 5.91 Å². The van der Waals surface area contributed by atoms with Crippen LogP contribution in [0.25, 0.3) is 0 Å². The minimum Gasteiger partial charge on any atom is -0.394 e. The van der Waals surface area contributed by atoms with E-state index in [-0.39, 0.29) is 12.5 Å². The van der Waals surface area contributed by atoms with Crippen molar-refractivity contribution in [2.24, 2.45) is 0 Å². The van der Waals surface area contributed by atoms with Crippen molar-refractivity contribution in [2.45, 2.75) is 392 Å². The van der Waals surface area contributed by atoms with Gasteiger partial charge in [-0.05, 0) is 19.3 Å². The Labute approximate surface area is 435 Å². The molecule has 0 aromatic heterocycles. The molecule has 0 saturated heterocycles. The molecule has 0 aromatic carbocycles. The van der Waals surface area contributed by atoms with Gasteiger partial charge in [0.15, 0.2) is 0 Å². The van der Waals surface area contributed by atoms with Gasteiger partial charge >= 0.3 is 0 Å². The summed E-state index contributed by atoms with van der Waals surface area (Å²) in [5, 5.41) is 23.2. The predicted octanol–water partition coefficient (Wildman–Crippen LogP) is 21.7. The van der Waals surface area contributed by atoms with Gasteiger partial charge < -0.3 is 15.5 Å². The van der Waals surface area contributed by atoms with E-state index in [1.54, 1.807) is 6.08 Å². The fourth-order valence-corrected chi connectivity index (χ4v) is 10.6. The Kier molecular flexibility index (Phi) is 60.7. The summed E-state index contributed by atoms with van der Waals surface area (Å²) in [6, 6.07) is -0.618. The van der Waals surface area contributed by atoms with Crippen molar-refractivity contribution in [3.8, 4) is 0 Å². The van der Waals surface area contributed by atoms with Gasteiger partial charge in [0.1, 0.15) is 0 Å². The lowest BCUT2D eigenvalue weighted by Gasteiger charge is -2.20. The maximum atomic E-state index is 12.5. The van der Waals surface area contributed by atoms with Gasteiger partial charge in [0.25, 0.3) is 0 Å². The van der Waals surface area contributed by atoms with E-state index in [4.69, 9.17) is 0 Å². The minimum absolute atomic E-state index is 0.0553. The number of aliphatic hydroxyl groups is 2. The Balaban J connectivity index is 3.33. The molecule has 1 amide bonds. The molecule has 4 heteroatoms. The highest BCUT2D eigenvalue weighted by molar-refractivity contribution is 5.76. The highest BCUT2D eigenvalue weighted by Crippen LogP contribution is 2.19. The molecule has 0 aliphatic rings. The third-order valence-corrected chi connectivity index (χ3v) is 15.5. The Morgan fingerprint density at radius 1 is 0.333 bits per heavy atom. The van der Waals surface area contributed by atoms with Crippen molar-refractivity contribution in [3.63, 3.8) is 0 Å². The van der Waals surface area contributed by atoms with Crippen LogP contribution in [0.2, 0.25) is 0 Å². The van der Waals surface area contributed by atoms with E-state index in [0.717, 1.165) is 25.7 Å². The van der Waals surface area contributed by atoms with Crippen molar-refractivity contribution in [1.82, 2.24) is 5.32 Å². The third-order valence-electron chi connectivity index (χ3n) is 15.5. The molecule has 0 saturated carbocycles. The Bertz CT molecular complexity index is 967. The van der Waals surface area contributed by atoms with Crippen molar-refractivity contribution < 1.29 is 15.0 Å². The second-order valence-electron chi connectivity index (χ2n) is 22.6. The number of aliphatic hydroxyl groups excluding tert-OH is 2. The second-order valence-corrected chi connectivity index (χ2v) is 22.6. The molecule has 2 unspecified atom stereocenters. The molecule has 0 heterocycles. The fourth-order valence-electron chi connectivity index (χ4n) is 10.6. The van der Waals surface area contributed by atoms with Crippen LogP contribution >= 0.6 is 0 Å². The average molecular weight is 973 g/mol. The molecule has 69 heavy (non-hydrogen) atoms. The molecule has 412 valence electrons. The first-order valence-corrected chi connectivity index (χ1v) is 32.4. The van der Waals surface area contributed by atoms with Crippen molar-refractivity contribution in [1.29, 1.82) is 0 Å². The SMILES string of the molecule is CCCCCCCCCCCCCCCC/C=C/C(O)C(CO)NC(=O)CCCCCCCCCCCCCCCCCCCCCCCCCCCCCCCCCCCCCCCCCCC.